The van der Waals surface area contributed by atoms with Gasteiger partial charge in [0.05, 0.1) is 0 Å². The molecule has 0 aromatic carbocycles. The number of aromatic nitrogens is 3. The Morgan fingerprint density at radius 2 is 2.31 bits per heavy atom. The fraction of sp³-hybridized carbons (Fsp3) is 0.778. The summed E-state index contributed by atoms with van der Waals surface area (Å²) >= 11 is 0. The Kier molecular flexibility index (Phi) is 2.31. The van der Waals surface area contributed by atoms with Gasteiger partial charge in [-0.05, 0) is 12.8 Å². The summed E-state index contributed by atoms with van der Waals surface area (Å²) in [7, 11) is 0. The lowest BCUT2D eigenvalue weighted by atomic mass is 10.1. The molecule has 0 fully saturated rings. The molecular weight excluding hydrogens is 164 g/mol. The molecule has 1 atom stereocenters. The summed E-state index contributed by atoms with van der Waals surface area (Å²) in [5.74, 6) is 2.54. The van der Waals surface area contributed by atoms with Crippen molar-refractivity contribution in [2.75, 3.05) is 6.54 Å². The number of hydrogen-bond acceptors (Lipinski definition) is 3. The van der Waals surface area contributed by atoms with Gasteiger partial charge < -0.3 is 10.3 Å². The van der Waals surface area contributed by atoms with Gasteiger partial charge in [0.25, 0.3) is 0 Å². The summed E-state index contributed by atoms with van der Waals surface area (Å²) in [5.41, 5.74) is 5.62. The van der Waals surface area contributed by atoms with E-state index in [4.69, 9.17) is 5.73 Å². The van der Waals surface area contributed by atoms with Crippen LogP contribution in [0.25, 0.3) is 0 Å². The quantitative estimate of drug-likeness (QED) is 0.728. The number of hydrogen-bond donors (Lipinski definition) is 1. The van der Waals surface area contributed by atoms with Gasteiger partial charge in [0.1, 0.15) is 11.6 Å². The molecule has 1 aromatic heterocycles. The molecule has 0 saturated carbocycles. The van der Waals surface area contributed by atoms with E-state index in [9.17, 15) is 0 Å². The number of fused-ring (bicyclic) bond motifs is 1. The van der Waals surface area contributed by atoms with E-state index in [0.717, 1.165) is 24.6 Å². The molecule has 0 aliphatic carbocycles. The number of nitrogens with two attached hydrogens (primary N) is 1. The van der Waals surface area contributed by atoms with E-state index >= 15 is 0 Å². The third-order valence-electron chi connectivity index (χ3n) is 2.68. The highest BCUT2D eigenvalue weighted by molar-refractivity contribution is 5.03. The summed E-state index contributed by atoms with van der Waals surface area (Å²) in [6.45, 7) is 3.83. The first-order valence-electron chi connectivity index (χ1n) is 4.95. The van der Waals surface area contributed by atoms with Crippen molar-refractivity contribution >= 4 is 0 Å². The lowest BCUT2D eigenvalue weighted by Gasteiger charge is -2.16. The molecule has 2 rings (SSSR count). The van der Waals surface area contributed by atoms with Crippen molar-refractivity contribution in [2.24, 2.45) is 5.73 Å². The van der Waals surface area contributed by atoms with Crippen molar-refractivity contribution < 1.29 is 0 Å². The fourth-order valence-electron chi connectivity index (χ4n) is 1.80. The molecule has 2 N–H and O–H groups in total. The van der Waals surface area contributed by atoms with Crippen LogP contribution in [0.1, 0.15) is 37.3 Å². The van der Waals surface area contributed by atoms with Crippen molar-refractivity contribution in [1.82, 2.24) is 14.8 Å². The largest absolute Gasteiger partial charge is 0.330 e. The average molecular weight is 180 g/mol. The second-order valence-electron chi connectivity index (χ2n) is 3.72. The molecule has 0 radical (unpaired) electrons. The Morgan fingerprint density at radius 3 is 3.08 bits per heavy atom. The highest BCUT2D eigenvalue weighted by atomic mass is 15.3. The van der Waals surface area contributed by atoms with Crippen LogP contribution in [-0.2, 0) is 13.0 Å². The predicted octanol–water partition coefficient (Wildman–Crippen LogP) is 0.677. The molecule has 1 aliphatic rings. The van der Waals surface area contributed by atoms with Crippen molar-refractivity contribution in [3.63, 3.8) is 0 Å². The average Bonchev–Trinajstić information content (AvgIpc) is 2.60. The summed E-state index contributed by atoms with van der Waals surface area (Å²) in [5, 5.41) is 8.38. The monoisotopic (exact) mass is 180 g/mol. The molecule has 1 aromatic rings. The molecule has 4 nitrogen and oxygen atoms in total. The molecule has 0 saturated heterocycles. The number of rotatable bonds is 2. The van der Waals surface area contributed by atoms with Gasteiger partial charge in [0.2, 0.25) is 0 Å². The van der Waals surface area contributed by atoms with Crippen LogP contribution in [0.15, 0.2) is 0 Å². The van der Waals surface area contributed by atoms with Gasteiger partial charge >= 0.3 is 0 Å². The maximum absolute atomic E-state index is 5.62. The van der Waals surface area contributed by atoms with Crippen molar-refractivity contribution in [2.45, 2.75) is 38.6 Å². The van der Waals surface area contributed by atoms with Crippen molar-refractivity contribution in [3.05, 3.63) is 11.6 Å². The molecule has 13 heavy (non-hydrogen) atoms. The molecule has 1 unspecified atom stereocenters. The van der Waals surface area contributed by atoms with E-state index in [2.05, 4.69) is 21.7 Å². The zero-order valence-corrected chi connectivity index (χ0v) is 8.03. The molecule has 4 heteroatoms. The minimum absolute atomic E-state index is 0.333. The molecule has 0 bridgehead atoms. The molecule has 1 aliphatic heterocycles. The maximum atomic E-state index is 5.62. The van der Waals surface area contributed by atoms with E-state index in [-0.39, 0.29) is 0 Å². The second kappa shape index (κ2) is 3.46. The zero-order chi connectivity index (χ0) is 9.26. The summed E-state index contributed by atoms with van der Waals surface area (Å²) in [6.07, 6.45) is 3.56. The van der Waals surface area contributed by atoms with Gasteiger partial charge in [-0.1, -0.05) is 6.92 Å². The molecular formula is C9H16N4. The molecule has 2 heterocycles. The highest BCUT2D eigenvalue weighted by Gasteiger charge is 2.18. The predicted molar refractivity (Wildman–Crippen MR) is 50.4 cm³/mol. The minimum Gasteiger partial charge on any atom is -0.330 e. The van der Waals surface area contributed by atoms with Gasteiger partial charge in [-0.3, -0.25) is 0 Å². The third-order valence-corrected chi connectivity index (χ3v) is 2.68. The first-order valence-corrected chi connectivity index (χ1v) is 4.95. The van der Waals surface area contributed by atoms with E-state index in [1.165, 1.54) is 12.8 Å². The van der Waals surface area contributed by atoms with Gasteiger partial charge in [-0.15, -0.1) is 10.2 Å². The lowest BCUT2D eigenvalue weighted by Crippen LogP contribution is -2.18. The molecule has 0 spiro atoms. The first kappa shape index (κ1) is 8.69. The van der Waals surface area contributed by atoms with Gasteiger partial charge in [-0.25, -0.2) is 0 Å². The normalized spacial score (nSPS) is 18.3. The fourth-order valence-corrected chi connectivity index (χ4v) is 1.80. The van der Waals surface area contributed by atoms with Crippen LogP contribution >= 0.6 is 0 Å². The Bertz CT molecular complexity index is 292. The van der Waals surface area contributed by atoms with Crippen LogP contribution in [0.5, 0.6) is 0 Å². The number of nitrogens with zero attached hydrogens (tertiary/aromatic N) is 3. The topological polar surface area (TPSA) is 56.7 Å². The molecule has 72 valence electrons. The van der Waals surface area contributed by atoms with Crippen molar-refractivity contribution in [1.29, 1.82) is 0 Å². The van der Waals surface area contributed by atoms with Crippen LogP contribution in [-0.4, -0.2) is 21.3 Å². The Labute approximate surface area is 78.1 Å². The van der Waals surface area contributed by atoms with E-state index < -0.39 is 0 Å². The van der Waals surface area contributed by atoms with Gasteiger partial charge in [0, 0.05) is 25.4 Å². The second-order valence-corrected chi connectivity index (χ2v) is 3.72. The van der Waals surface area contributed by atoms with E-state index in [1.807, 2.05) is 0 Å². The van der Waals surface area contributed by atoms with Crippen LogP contribution in [0.2, 0.25) is 0 Å². The van der Waals surface area contributed by atoms with E-state index in [0.29, 0.717) is 12.5 Å². The Morgan fingerprint density at radius 1 is 1.46 bits per heavy atom. The summed E-state index contributed by atoms with van der Waals surface area (Å²) < 4.78 is 2.24. The molecule has 0 amide bonds. The summed E-state index contributed by atoms with van der Waals surface area (Å²) in [6, 6.07) is 0. The third kappa shape index (κ3) is 1.46. The standard InChI is InChI=1S/C9H16N4/c1-7(6-10)9-12-11-8-4-2-3-5-13(8)9/h7H,2-6,10H2,1H3. The highest BCUT2D eigenvalue weighted by Crippen LogP contribution is 2.18. The number of aryl methyl sites for hydroxylation is 1. The van der Waals surface area contributed by atoms with Gasteiger partial charge in [-0.2, -0.15) is 0 Å². The van der Waals surface area contributed by atoms with Crippen LogP contribution in [0.3, 0.4) is 0 Å². The first-order chi connectivity index (χ1) is 6.33. The summed E-state index contributed by atoms with van der Waals surface area (Å²) in [4.78, 5) is 0. The van der Waals surface area contributed by atoms with Crippen LogP contribution in [0.4, 0.5) is 0 Å². The maximum Gasteiger partial charge on any atom is 0.137 e. The SMILES string of the molecule is CC(CN)c1nnc2n1CCCC2. The Hall–Kier alpha value is -0.900. The van der Waals surface area contributed by atoms with Gasteiger partial charge in [0.15, 0.2) is 0 Å². The lowest BCUT2D eigenvalue weighted by molar-refractivity contribution is 0.495. The smallest absolute Gasteiger partial charge is 0.137 e. The Balaban J connectivity index is 2.31. The zero-order valence-electron chi connectivity index (χ0n) is 8.03. The van der Waals surface area contributed by atoms with Crippen molar-refractivity contribution in [3.8, 4) is 0 Å². The van der Waals surface area contributed by atoms with E-state index in [1.54, 1.807) is 0 Å². The van der Waals surface area contributed by atoms with Crippen LogP contribution < -0.4 is 5.73 Å². The van der Waals surface area contributed by atoms with Crippen LogP contribution in [0, 0.1) is 0 Å². The minimum atomic E-state index is 0.333.